The maximum absolute atomic E-state index is 11.4. The Labute approximate surface area is 163 Å². The minimum atomic E-state index is -0.275. The van der Waals surface area contributed by atoms with Crippen molar-refractivity contribution in [3.63, 3.8) is 0 Å². The Bertz CT molecular complexity index is 1040. The zero-order chi connectivity index (χ0) is 19.4. The van der Waals surface area contributed by atoms with Crippen LogP contribution in [0, 0.1) is 10.1 Å². The zero-order valence-electron chi connectivity index (χ0n) is 16.2. The average Bonchev–Trinajstić information content (AvgIpc) is 3.57. The Hall–Kier alpha value is -2.82. The van der Waals surface area contributed by atoms with Crippen LogP contribution in [0.5, 0.6) is 11.5 Å². The van der Waals surface area contributed by atoms with Gasteiger partial charge in [-0.3, -0.25) is 10.1 Å². The quantitative estimate of drug-likeness (QED) is 0.382. The summed E-state index contributed by atoms with van der Waals surface area (Å²) in [4.78, 5) is 14.5. The molecule has 3 aromatic rings. The summed E-state index contributed by atoms with van der Waals surface area (Å²) in [6.45, 7) is 4.37. The molecule has 2 saturated carbocycles. The van der Waals surface area contributed by atoms with Crippen molar-refractivity contribution in [2.75, 3.05) is 0 Å². The van der Waals surface area contributed by atoms with Crippen LogP contribution >= 0.6 is 0 Å². The van der Waals surface area contributed by atoms with Gasteiger partial charge in [-0.15, -0.1) is 0 Å². The second kappa shape index (κ2) is 6.36. The van der Waals surface area contributed by atoms with E-state index in [-0.39, 0.29) is 10.6 Å². The molecule has 0 unspecified atom stereocenters. The molecular formula is C23H24N2O3. The molecule has 1 N–H and O–H groups in total. The van der Waals surface area contributed by atoms with E-state index in [0.29, 0.717) is 17.8 Å². The first-order valence-corrected chi connectivity index (χ1v) is 10.1. The van der Waals surface area contributed by atoms with E-state index in [2.05, 4.69) is 37.2 Å². The van der Waals surface area contributed by atoms with Gasteiger partial charge in [0.25, 0.3) is 5.69 Å². The molecule has 1 heterocycles. The van der Waals surface area contributed by atoms with Gasteiger partial charge in [0, 0.05) is 40.4 Å². The van der Waals surface area contributed by atoms with Gasteiger partial charge in [0.15, 0.2) is 0 Å². The Morgan fingerprint density at radius 3 is 2.25 bits per heavy atom. The molecule has 28 heavy (non-hydrogen) atoms. The highest BCUT2D eigenvalue weighted by molar-refractivity contribution is 5.85. The molecule has 5 heteroatoms. The fraction of sp³-hybridized carbons (Fsp3) is 0.391. The Balaban J connectivity index is 1.60. The van der Waals surface area contributed by atoms with E-state index < -0.39 is 0 Å². The monoisotopic (exact) mass is 376 g/mol. The lowest BCUT2D eigenvalue weighted by Gasteiger charge is -2.16. The van der Waals surface area contributed by atoms with Gasteiger partial charge in [-0.05, 0) is 67.2 Å². The van der Waals surface area contributed by atoms with Crippen LogP contribution in [0.4, 0.5) is 5.69 Å². The predicted molar refractivity (Wildman–Crippen MR) is 110 cm³/mol. The second-order valence-electron chi connectivity index (χ2n) is 8.47. The maximum Gasteiger partial charge on any atom is 0.270 e. The Morgan fingerprint density at radius 2 is 1.71 bits per heavy atom. The number of hydrogen-bond acceptors (Lipinski definition) is 3. The van der Waals surface area contributed by atoms with Crippen LogP contribution in [-0.2, 0) is 0 Å². The molecule has 0 atom stereocenters. The molecular weight excluding hydrogens is 352 g/mol. The van der Waals surface area contributed by atoms with Crippen molar-refractivity contribution in [3.8, 4) is 11.5 Å². The van der Waals surface area contributed by atoms with Gasteiger partial charge < -0.3 is 9.72 Å². The molecule has 0 aliphatic heterocycles. The molecule has 0 radical (unpaired) electrons. The van der Waals surface area contributed by atoms with E-state index in [9.17, 15) is 10.1 Å². The lowest BCUT2D eigenvalue weighted by Crippen LogP contribution is -1.99. The number of benzene rings is 2. The van der Waals surface area contributed by atoms with Crippen molar-refractivity contribution in [2.45, 2.75) is 57.3 Å². The smallest absolute Gasteiger partial charge is 0.270 e. The van der Waals surface area contributed by atoms with Crippen LogP contribution in [0.15, 0.2) is 36.5 Å². The number of H-pyrrole nitrogens is 1. The lowest BCUT2D eigenvalue weighted by molar-refractivity contribution is -0.385. The van der Waals surface area contributed by atoms with Crippen molar-refractivity contribution in [3.05, 3.63) is 63.3 Å². The van der Waals surface area contributed by atoms with Crippen LogP contribution in [0.3, 0.4) is 0 Å². The van der Waals surface area contributed by atoms with Gasteiger partial charge in [0.1, 0.15) is 11.5 Å². The number of nitrogens with one attached hydrogen (secondary N) is 1. The topological polar surface area (TPSA) is 68.2 Å². The molecule has 5 nitrogen and oxygen atoms in total. The lowest BCUT2D eigenvalue weighted by atomic mass is 10.00. The molecule has 1 aromatic heterocycles. The number of hydrogen-bond donors (Lipinski definition) is 1. The minimum absolute atomic E-state index is 0.194. The molecule has 5 rings (SSSR count). The van der Waals surface area contributed by atoms with Gasteiger partial charge in [0.2, 0.25) is 0 Å². The highest BCUT2D eigenvalue weighted by Gasteiger charge is 2.35. The van der Waals surface area contributed by atoms with E-state index >= 15 is 0 Å². The normalized spacial score (nSPS) is 16.7. The third kappa shape index (κ3) is 3.05. The van der Waals surface area contributed by atoms with Crippen molar-refractivity contribution in [1.82, 2.24) is 4.98 Å². The van der Waals surface area contributed by atoms with Gasteiger partial charge in [0.05, 0.1) is 4.92 Å². The molecule has 0 amide bonds. The number of nitrogens with zero attached hydrogens (tertiary/aromatic N) is 1. The Kier molecular flexibility index (Phi) is 3.93. The van der Waals surface area contributed by atoms with Crippen molar-refractivity contribution < 1.29 is 9.66 Å². The van der Waals surface area contributed by atoms with Crippen LogP contribution in [-0.4, -0.2) is 9.91 Å². The number of aromatic amines is 1. The summed E-state index contributed by atoms with van der Waals surface area (Å²) in [5, 5.41) is 12.6. The van der Waals surface area contributed by atoms with E-state index in [1.165, 1.54) is 10.9 Å². The summed E-state index contributed by atoms with van der Waals surface area (Å²) in [6, 6.07) is 9.59. The number of rotatable bonds is 6. The fourth-order valence-electron chi connectivity index (χ4n) is 4.06. The van der Waals surface area contributed by atoms with Crippen LogP contribution in [0.1, 0.15) is 74.0 Å². The number of fused-ring (bicyclic) bond motifs is 1. The summed E-state index contributed by atoms with van der Waals surface area (Å²) in [7, 11) is 0. The number of aromatic nitrogens is 1. The minimum Gasteiger partial charge on any atom is -0.457 e. The second-order valence-corrected chi connectivity index (χ2v) is 8.47. The SMILES string of the molecule is CC(C)c1c[nH]c2ccc(Oc3c(C4CC4)cc([N+](=O)[O-])cc3C3CC3)cc12. The number of nitro groups is 1. The first kappa shape index (κ1) is 17.3. The van der Waals surface area contributed by atoms with Crippen LogP contribution in [0.2, 0.25) is 0 Å². The van der Waals surface area contributed by atoms with Crippen molar-refractivity contribution in [1.29, 1.82) is 0 Å². The van der Waals surface area contributed by atoms with Gasteiger partial charge in [-0.2, -0.15) is 0 Å². The highest BCUT2D eigenvalue weighted by atomic mass is 16.6. The zero-order valence-corrected chi connectivity index (χ0v) is 16.2. The van der Waals surface area contributed by atoms with Gasteiger partial charge >= 0.3 is 0 Å². The predicted octanol–water partition coefficient (Wildman–Crippen LogP) is 6.75. The third-order valence-electron chi connectivity index (χ3n) is 5.90. The van der Waals surface area contributed by atoms with Crippen molar-refractivity contribution in [2.24, 2.45) is 0 Å². The number of ether oxygens (including phenoxy) is 1. The van der Waals surface area contributed by atoms with Gasteiger partial charge in [-0.1, -0.05) is 13.8 Å². The summed E-state index contributed by atoms with van der Waals surface area (Å²) in [5.74, 6) is 2.85. The summed E-state index contributed by atoms with van der Waals surface area (Å²) in [5.41, 5.74) is 4.58. The molecule has 0 saturated heterocycles. The molecule has 144 valence electrons. The molecule has 0 spiro atoms. The standard InChI is InChI=1S/C23H24N2O3/c1-13(2)21-12-24-22-8-7-17(11-20(21)22)28-23-18(14-3-4-14)9-16(25(26)27)10-19(23)15-5-6-15/h7-15,24H,3-6H2,1-2H3. The number of non-ortho nitro benzene ring substituents is 1. The highest BCUT2D eigenvalue weighted by Crippen LogP contribution is 2.53. The molecule has 2 aliphatic carbocycles. The molecule has 2 aliphatic rings. The van der Waals surface area contributed by atoms with E-state index in [1.54, 1.807) is 12.1 Å². The summed E-state index contributed by atoms with van der Waals surface area (Å²) in [6.07, 6.45) is 6.38. The van der Waals surface area contributed by atoms with E-state index in [4.69, 9.17) is 4.74 Å². The van der Waals surface area contributed by atoms with Crippen LogP contribution in [0.25, 0.3) is 10.9 Å². The molecule has 2 aromatic carbocycles. The van der Waals surface area contributed by atoms with Crippen molar-refractivity contribution >= 4 is 16.6 Å². The molecule has 2 fully saturated rings. The first-order valence-electron chi connectivity index (χ1n) is 10.1. The van der Waals surface area contributed by atoms with Crippen LogP contribution < -0.4 is 4.74 Å². The third-order valence-corrected chi connectivity index (χ3v) is 5.90. The van der Waals surface area contributed by atoms with E-state index in [0.717, 1.165) is 53.8 Å². The maximum atomic E-state index is 11.4. The summed E-state index contributed by atoms with van der Waals surface area (Å²) < 4.78 is 6.45. The fourth-order valence-corrected chi connectivity index (χ4v) is 4.06. The van der Waals surface area contributed by atoms with Gasteiger partial charge in [-0.25, -0.2) is 0 Å². The largest absolute Gasteiger partial charge is 0.457 e. The van der Waals surface area contributed by atoms with E-state index in [1.807, 2.05) is 6.07 Å². The number of nitro benzene ring substituents is 1. The molecule has 0 bridgehead atoms. The summed E-state index contributed by atoms with van der Waals surface area (Å²) >= 11 is 0. The average molecular weight is 376 g/mol. The Morgan fingerprint density at radius 1 is 1.07 bits per heavy atom. The first-order chi connectivity index (χ1) is 13.5.